The van der Waals surface area contributed by atoms with E-state index in [1.807, 2.05) is 6.92 Å². The van der Waals surface area contributed by atoms with Gasteiger partial charge in [-0.05, 0) is 19.8 Å². The molecule has 0 spiro atoms. The summed E-state index contributed by atoms with van der Waals surface area (Å²) in [4.78, 5) is 4.23. The van der Waals surface area contributed by atoms with Gasteiger partial charge in [-0.3, -0.25) is 4.99 Å². The standard InChI is InChI=1S/C11H23N3O3S.HI/c1-9(6-17-2)14-10(12)13-7-11(4-5-11)8-18(3,15)16;/h9H,4-8H2,1-3H3,(H3,12,13,14);1H. The van der Waals surface area contributed by atoms with Gasteiger partial charge in [0, 0.05) is 31.4 Å². The quantitative estimate of drug-likeness (QED) is 0.363. The molecule has 114 valence electrons. The van der Waals surface area contributed by atoms with Gasteiger partial charge in [0.1, 0.15) is 9.84 Å². The van der Waals surface area contributed by atoms with E-state index in [0.29, 0.717) is 19.1 Å². The van der Waals surface area contributed by atoms with E-state index < -0.39 is 9.84 Å². The third-order valence-corrected chi connectivity index (χ3v) is 4.06. The minimum Gasteiger partial charge on any atom is -0.383 e. The van der Waals surface area contributed by atoms with Gasteiger partial charge >= 0.3 is 0 Å². The van der Waals surface area contributed by atoms with Crippen LogP contribution < -0.4 is 11.1 Å². The first-order valence-electron chi connectivity index (χ1n) is 5.99. The fourth-order valence-electron chi connectivity index (χ4n) is 1.92. The van der Waals surface area contributed by atoms with Gasteiger partial charge in [-0.2, -0.15) is 0 Å². The van der Waals surface area contributed by atoms with E-state index >= 15 is 0 Å². The molecule has 1 fully saturated rings. The van der Waals surface area contributed by atoms with Gasteiger partial charge in [0.2, 0.25) is 0 Å². The zero-order valence-electron chi connectivity index (χ0n) is 11.7. The molecule has 1 rings (SSSR count). The van der Waals surface area contributed by atoms with Crippen LogP contribution in [-0.4, -0.2) is 52.7 Å². The molecule has 19 heavy (non-hydrogen) atoms. The molecule has 0 aliphatic heterocycles. The number of ether oxygens (including phenoxy) is 1. The second-order valence-corrected chi connectivity index (χ2v) is 7.41. The Hall–Kier alpha value is -0.0900. The molecule has 0 bridgehead atoms. The highest BCUT2D eigenvalue weighted by molar-refractivity contribution is 14.0. The molecule has 6 nitrogen and oxygen atoms in total. The summed E-state index contributed by atoms with van der Waals surface area (Å²) in [6.07, 6.45) is 3.08. The zero-order valence-corrected chi connectivity index (χ0v) is 14.8. The molecule has 1 atom stereocenters. The summed E-state index contributed by atoms with van der Waals surface area (Å²) in [6.45, 7) is 2.96. The number of guanidine groups is 1. The van der Waals surface area contributed by atoms with Crippen molar-refractivity contribution in [1.29, 1.82) is 0 Å². The summed E-state index contributed by atoms with van der Waals surface area (Å²) in [5.41, 5.74) is 5.56. The highest BCUT2D eigenvalue weighted by Gasteiger charge is 2.45. The van der Waals surface area contributed by atoms with E-state index in [-0.39, 0.29) is 41.2 Å². The number of aliphatic imine (C=N–C) groups is 1. The summed E-state index contributed by atoms with van der Waals surface area (Å²) in [5.74, 6) is 0.545. The SMILES string of the molecule is COCC(C)NC(N)=NCC1(CS(C)(=O)=O)CC1.I. The molecule has 0 heterocycles. The average molecular weight is 405 g/mol. The van der Waals surface area contributed by atoms with Gasteiger partial charge < -0.3 is 15.8 Å². The van der Waals surface area contributed by atoms with Crippen LogP contribution >= 0.6 is 24.0 Å². The first kappa shape index (κ1) is 18.9. The third kappa shape index (κ3) is 7.93. The largest absolute Gasteiger partial charge is 0.383 e. The summed E-state index contributed by atoms with van der Waals surface area (Å²) < 4.78 is 27.5. The third-order valence-electron chi connectivity index (χ3n) is 2.92. The lowest BCUT2D eigenvalue weighted by molar-refractivity contribution is 0.179. The van der Waals surface area contributed by atoms with Gasteiger partial charge in [0.05, 0.1) is 12.4 Å². The van der Waals surface area contributed by atoms with Gasteiger partial charge in [-0.15, -0.1) is 24.0 Å². The van der Waals surface area contributed by atoms with E-state index in [0.717, 1.165) is 12.8 Å². The van der Waals surface area contributed by atoms with E-state index in [1.54, 1.807) is 7.11 Å². The first-order valence-corrected chi connectivity index (χ1v) is 8.05. The molecule has 0 aromatic carbocycles. The van der Waals surface area contributed by atoms with E-state index in [2.05, 4.69) is 10.3 Å². The number of nitrogens with two attached hydrogens (primary N) is 1. The topological polar surface area (TPSA) is 93.8 Å². The average Bonchev–Trinajstić information content (AvgIpc) is 2.93. The number of nitrogens with zero attached hydrogens (tertiary/aromatic N) is 1. The van der Waals surface area contributed by atoms with Gasteiger partial charge in [-0.1, -0.05) is 0 Å². The van der Waals surface area contributed by atoms with Crippen LogP contribution in [0.2, 0.25) is 0 Å². The molecule has 0 aromatic rings. The second kappa shape index (κ2) is 7.63. The number of sulfone groups is 1. The van der Waals surface area contributed by atoms with Crippen LogP contribution in [0.1, 0.15) is 19.8 Å². The van der Waals surface area contributed by atoms with E-state index in [4.69, 9.17) is 10.5 Å². The van der Waals surface area contributed by atoms with Crippen LogP contribution in [0.5, 0.6) is 0 Å². The predicted octanol–water partition coefficient (Wildman–Crippen LogP) is 0.368. The number of hydrogen-bond acceptors (Lipinski definition) is 4. The molecule has 1 unspecified atom stereocenters. The van der Waals surface area contributed by atoms with Crippen molar-refractivity contribution in [3.05, 3.63) is 0 Å². The molecule has 1 aliphatic carbocycles. The Morgan fingerprint density at radius 2 is 2.11 bits per heavy atom. The van der Waals surface area contributed by atoms with Crippen LogP contribution in [0, 0.1) is 5.41 Å². The predicted molar refractivity (Wildman–Crippen MR) is 87.8 cm³/mol. The van der Waals surface area contributed by atoms with Crippen molar-refractivity contribution in [2.24, 2.45) is 16.1 Å². The van der Waals surface area contributed by atoms with E-state index in [1.165, 1.54) is 6.26 Å². The monoisotopic (exact) mass is 405 g/mol. The molecule has 1 aliphatic rings. The fourth-order valence-corrected chi connectivity index (χ4v) is 3.42. The lowest BCUT2D eigenvalue weighted by Crippen LogP contribution is -2.41. The van der Waals surface area contributed by atoms with Crippen LogP contribution in [0.4, 0.5) is 0 Å². The minimum absolute atomic E-state index is 0. The number of halogens is 1. The molecule has 0 aromatic heterocycles. The van der Waals surface area contributed by atoms with Crippen molar-refractivity contribution >= 4 is 39.8 Å². The van der Waals surface area contributed by atoms with Crippen molar-refractivity contribution in [1.82, 2.24) is 5.32 Å². The number of nitrogens with one attached hydrogen (secondary N) is 1. The Morgan fingerprint density at radius 1 is 1.53 bits per heavy atom. The molecule has 8 heteroatoms. The number of hydrogen-bond donors (Lipinski definition) is 2. The van der Waals surface area contributed by atoms with Crippen LogP contribution in [0.15, 0.2) is 4.99 Å². The molecule has 0 amide bonds. The Balaban J connectivity index is 0.00000324. The highest BCUT2D eigenvalue weighted by atomic mass is 127. The lowest BCUT2D eigenvalue weighted by atomic mass is 10.1. The Morgan fingerprint density at radius 3 is 2.53 bits per heavy atom. The highest BCUT2D eigenvalue weighted by Crippen LogP contribution is 2.46. The van der Waals surface area contributed by atoms with Crippen LogP contribution in [0.3, 0.4) is 0 Å². The van der Waals surface area contributed by atoms with Gasteiger partial charge in [-0.25, -0.2) is 8.42 Å². The van der Waals surface area contributed by atoms with Crippen LogP contribution in [0.25, 0.3) is 0 Å². The molecular formula is C11H24IN3O3S. The lowest BCUT2D eigenvalue weighted by Gasteiger charge is -2.15. The van der Waals surface area contributed by atoms with Crippen molar-refractivity contribution in [3.63, 3.8) is 0 Å². The summed E-state index contributed by atoms with van der Waals surface area (Å²) in [5, 5.41) is 3.00. The first-order chi connectivity index (χ1) is 8.26. The molecule has 0 saturated heterocycles. The summed E-state index contributed by atoms with van der Waals surface area (Å²) in [7, 11) is -1.33. The maximum atomic E-state index is 11.3. The van der Waals surface area contributed by atoms with Gasteiger partial charge in [0.15, 0.2) is 5.96 Å². The van der Waals surface area contributed by atoms with Crippen molar-refractivity contribution in [2.45, 2.75) is 25.8 Å². The maximum Gasteiger partial charge on any atom is 0.188 e. The zero-order chi connectivity index (χ0) is 13.8. The fraction of sp³-hybridized carbons (Fsp3) is 0.909. The van der Waals surface area contributed by atoms with E-state index in [9.17, 15) is 8.42 Å². The Labute approximate surface area is 132 Å². The smallest absolute Gasteiger partial charge is 0.188 e. The van der Waals surface area contributed by atoms with Crippen LogP contribution in [-0.2, 0) is 14.6 Å². The van der Waals surface area contributed by atoms with Crippen molar-refractivity contribution in [3.8, 4) is 0 Å². The molecule has 3 N–H and O–H groups in total. The van der Waals surface area contributed by atoms with Gasteiger partial charge in [0.25, 0.3) is 0 Å². The second-order valence-electron chi connectivity index (χ2n) is 5.27. The Bertz CT molecular complexity index is 407. The molecular weight excluding hydrogens is 381 g/mol. The molecule has 1 saturated carbocycles. The number of rotatable bonds is 7. The van der Waals surface area contributed by atoms with Crippen molar-refractivity contribution in [2.75, 3.05) is 32.3 Å². The minimum atomic E-state index is -2.95. The maximum absolute atomic E-state index is 11.3. The summed E-state index contributed by atoms with van der Waals surface area (Å²) in [6, 6.07) is 0.0869. The van der Waals surface area contributed by atoms with Crippen molar-refractivity contribution < 1.29 is 13.2 Å². The summed E-state index contributed by atoms with van der Waals surface area (Å²) >= 11 is 0. The number of methoxy groups -OCH3 is 1. The molecule has 0 radical (unpaired) electrons. The Kier molecular flexibility index (Phi) is 7.59. The normalized spacial score (nSPS) is 19.4.